The first-order valence-electron chi connectivity index (χ1n) is 6.43. The van der Waals surface area contributed by atoms with Gasteiger partial charge in [0.15, 0.2) is 0 Å². The molecule has 2 saturated heterocycles. The Hall–Kier alpha value is -0.160. The lowest BCUT2D eigenvalue weighted by molar-refractivity contribution is -0.0604. The summed E-state index contributed by atoms with van der Waals surface area (Å²) in [7, 11) is 0. The van der Waals surface area contributed by atoms with Crippen LogP contribution < -0.4 is 5.32 Å². The lowest BCUT2D eigenvalue weighted by atomic mass is 9.96. The summed E-state index contributed by atoms with van der Waals surface area (Å²) in [5.74, 6) is 0. The predicted octanol–water partition coefficient (Wildman–Crippen LogP) is 0.477. The molecule has 16 heavy (non-hydrogen) atoms. The van der Waals surface area contributed by atoms with Crippen molar-refractivity contribution in [2.24, 2.45) is 0 Å². The molecule has 2 aliphatic rings. The minimum absolute atomic E-state index is 0.0601. The first-order chi connectivity index (χ1) is 7.79. The van der Waals surface area contributed by atoms with E-state index in [1.165, 1.54) is 12.8 Å². The molecule has 0 saturated carbocycles. The van der Waals surface area contributed by atoms with Crippen LogP contribution in [-0.2, 0) is 9.47 Å². The van der Waals surface area contributed by atoms with Gasteiger partial charge in [-0.05, 0) is 26.3 Å². The maximum atomic E-state index is 6.03. The molecular formula is C12H24N2O2. The molecule has 0 radical (unpaired) electrons. The highest BCUT2D eigenvalue weighted by Gasteiger charge is 2.27. The van der Waals surface area contributed by atoms with E-state index in [0.29, 0.717) is 0 Å². The van der Waals surface area contributed by atoms with Gasteiger partial charge in [0.05, 0.1) is 25.4 Å². The van der Waals surface area contributed by atoms with E-state index >= 15 is 0 Å². The number of nitrogens with zero attached hydrogens (tertiary/aromatic N) is 1. The Kier molecular flexibility index (Phi) is 4.58. The molecule has 0 bridgehead atoms. The van der Waals surface area contributed by atoms with E-state index in [1.54, 1.807) is 0 Å². The van der Waals surface area contributed by atoms with Gasteiger partial charge < -0.3 is 14.8 Å². The zero-order valence-corrected chi connectivity index (χ0v) is 10.3. The third kappa shape index (κ3) is 3.70. The van der Waals surface area contributed by atoms with Crippen LogP contribution in [0.15, 0.2) is 0 Å². The molecule has 0 aromatic heterocycles. The van der Waals surface area contributed by atoms with E-state index in [0.717, 1.165) is 52.5 Å². The first kappa shape index (κ1) is 12.3. The highest BCUT2D eigenvalue weighted by Crippen LogP contribution is 2.19. The SMILES string of the molecule is CC1(OCCN2CCOCC2)CCCNC1. The number of hydrogen-bond donors (Lipinski definition) is 1. The van der Waals surface area contributed by atoms with Gasteiger partial charge in [0.25, 0.3) is 0 Å². The zero-order chi connectivity index (χ0) is 11.3. The normalized spacial score (nSPS) is 32.8. The monoisotopic (exact) mass is 228 g/mol. The van der Waals surface area contributed by atoms with E-state index in [4.69, 9.17) is 9.47 Å². The van der Waals surface area contributed by atoms with Gasteiger partial charge in [0, 0.05) is 26.2 Å². The molecule has 94 valence electrons. The molecule has 0 aliphatic carbocycles. The maximum Gasteiger partial charge on any atom is 0.0779 e. The molecule has 2 heterocycles. The highest BCUT2D eigenvalue weighted by atomic mass is 16.5. The largest absolute Gasteiger partial charge is 0.379 e. The summed E-state index contributed by atoms with van der Waals surface area (Å²) in [5, 5.41) is 3.41. The van der Waals surface area contributed by atoms with Crippen LogP contribution in [0, 0.1) is 0 Å². The average Bonchev–Trinajstić information content (AvgIpc) is 2.31. The summed E-state index contributed by atoms with van der Waals surface area (Å²) in [5.41, 5.74) is 0.0601. The second-order valence-corrected chi connectivity index (χ2v) is 5.03. The number of piperidine rings is 1. The maximum absolute atomic E-state index is 6.03. The summed E-state index contributed by atoms with van der Waals surface area (Å²) in [6.45, 7) is 10.1. The van der Waals surface area contributed by atoms with Crippen molar-refractivity contribution < 1.29 is 9.47 Å². The summed E-state index contributed by atoms with van der Waals surface area (Å²) >= 11 is 0. The number of rotatable bonds is 4. The van der Waals surface area contributed by atoms with Gasteiger partial charge in [0.2, 0.25) is 0 Å². The molecule has 0 spiro atoms. The third-order valence-electron chi connectivity index (χ3n) is 3.52. The molecule has 1 N–H and O–H groups in total. The molecule has 4 nitrogen and oxygen atoms in total. The van der Waals surface area contributed by atoms with Crippen molar-refractivity contribution in [2.45, 2.75) is 25.4 Å². The third-order valence-corrected chi connectivity index (χ3v) is 3.52. The summed E-state index contributed by atoms with van der Waals surface area (Å²) < 4.78 is 11.4. The van der Waals surface area contributed by atoms with Crippen molar-refractivity contribution in [1.82, 2.24) is 10.2 Å². The second kappa shape index (κ2) is 5.96. The molecule has 0 amide bonds. The Bertz CT molecular complexity index is 199. The van der Waals surface area contributed by atoms with Crippen molar-refractivity contribution >= 4 is 0 Å². The quantitative estimate of drug-likeness (QED) is 0.759. The molecule has 0 aromatic carbocycles. The van der Waals surface area contributed by atoms with Crippen molar-refractivity contribution in [3.8, 4) is 0 Å². The topological polar surface area (TPSA) is 33.7 Å². The lowest BCUT2D eigenvalue weighted by Gasteiger charge is -2.35. The van der Waals surface area contributed by atoms with Gasteiger partial charge >= 0.3 is 0 Å². The Morgan fingerprint density at radius 1 is 1.38 bits per heavy atom. The molecule has 2 aliphatic heterocycles. The Morgan fingerprint density at radius 2 is 2.19 bits per heavy atom. The van der Waals surface area contributed by atoms with Gasteiger partial charge in [-0.3, -0.25) is 4.90 Å². The minimum atomic E-state index is 0.0601. The number of ether oxygens (including phenoxy) is 2. The first-order valence-corrected chi connectivity index (χ1v) is 6.43. The van der Waals surface area contributed by atoms with Crippen LogP contribution in [0.1, 0.15) is 19.8 Å². The summed E-state index contributed by atoms with van der Waals surface area (Å²) in [6.07, 6.45) is 2.41. The van der Waals surface area contributed by atoms with Crippen LogP contribution in [-0.4, -0.2) is 63.0 Å². The average molecular weight is 228 g/mol. The standard InChI is InChI=1S/C12H24N2O2/c1-12(3-2-4-13-11-12)16-10-7-14-5-8-15-9-6-14/h13H,2-11H2,1H3. The van der Waals surface area contributed by atoms with Crippen molar-refractivity contribution in [1.29, 1.82) is 0 Å². The van der Waals surface area contributed by atoms with Gasteiger partial charge in [0.1, 0.15) is 0 Å². The molecule has 2 rings (SSSR count). The Morgan fingerprint density at radius 3 is 2.88 bits per heavy atom. The van der Waals surface area contributed by atoms with Gasteiger partial charge in [-0.25, -0.2) is 0 Å². The number of nitrogens with one attached hydrogen (secondary N) is 1. The summed E-state index contributed by atoms with van der Waals surface area (Å²) in [4.78, 5) is 2.42. The van der Waals surface area contributed by atoms with Crippen LogP contribution in [0.2, 0.25) is 0 Å². The molecule has 4 heteroatoms. The Balaban J connectivity index is 1.62. The fraction of sp³-hybridized carbons (Fsp3) is 1.00. The van der Waals surface area contributed by atoms with E-state index in [2.05, 4.69) is 17.1 Å². The molecule has 1 unspecified atom stereocenters. The van der Waals surface area contributed by atoms with E-state index in [9.17, 15) is 0 Å². The van der Waals surface area contributed by atoms with Crippen LogP contribution in [0.5, 0.6) is 0 Å². The van der Waals surface area contributed by atoms with Gasteiger partial charge in [-0.2, -0.15) is 0 Å². The van der Waals surface area contributed by atoms with E-state index in [1.807, 2.05) is 0 Å². The van der Waals surface area contributed by atoms with Crippen molar-refractivity contribution in [2.75, 3.05) is 52.5 Å². The van der Waals surface area contributed by atoms with Gasteiger partial charge in [-0.1, -0.05) is 0 Å². The van der Waals surface area contributed by atoms with Crippen molar-refractivity contribution in [3.63, 3.8) is 0 Å². The van der Waals surface area contributed by atoms with Crippen LogP contribution >= 0.6 is 0 Å². The zero-order valence-electron chi connectivity index (χ0n) is 10.3. The highest BCUT2D eigenvalue weighted by molar-refractivity contribution is 4.82. The second-order valence-electron chi connectivity index (χ2n) is 5.03. The fourth-order valence-electron chi connectivity index (χ4n) is 2.40. The van der Waals surface area contributed by atoms with E-state index < -0.39 is 0 Å². The van der Waals surface area contributed by atoms with Gasteiger partial charge in [-0.15, -0.1) is 0 Å². The van der Waals surface area contributed by atoms with Crippen LogP contribution in [0.3, 0.4) is 0 Å². The smallest absolute Gasteiger partial charge is 0.0779 e. The summed E-state index contributed by atoms with van der Waals surface area (Å²) in [6, 6.07) is 0. The molecule has 2 fully saturated rings. The number of morpholine rings is 1. The minimum Gasteiger partial charge on any atom is -0.379 e. The lowest BCUT2D eigenvalue weighted by Crippen LogP contribution is -2.47. The van der Waals surface area contributed by atoms with E-state index in [-0.39, 0.29) is 5.60 Å². The predicted molar refractivity (Wildman–Crippen MR) is 63.7 cm³/mol. The fourth-order valence-corrected chi connectivity index (χ4v) is 2.40. The number of hydrogen-bond acceptors (Lipinski definition) is 4. The van der Waals surface area contributed by atoms with Crippen molar-refractivity contribution in [3.05, 3.63) is 0 Å². The molecule has 0 aromatic rings. The van der Waals surface area contributed by atoms with Crippen LogP contribution in [0.4, 0.5) is 0 Å². The Labute approximate surface area is 98.3 Å². The molecule has 1 atom stereocenters. The van der Waals surface area contributed by atoms with Crippen LogP contribution in [0.25, 0.3) is 0 Å². The molecular weight excluding hydrogens is 204 g/mol.